The van der Waals surface area contributed by atoms with Crippen LogP contribution in [-0.2, 0) is 4.79 Å². The molecule has 0 saturated carbocycles. The SMILES string of the molecule is COc1ccc(-c2cccc(C(=O)N[C@@H](CC(=O)O)c3ccccc3C)n2)cc1. The van der Waals surface area contributed by atoms with Gasteiger partial charge < -0.3 is 15.2 Å². The minimum absolute atomic E-state index is 0.214. The maximum atomic E-state index is 12.8. The summed E-state index contributed by atoms with van der Waals surface area (Å²) in [7, 11) is 1.60. The van der Waals surface area contributed by atoms with Crippen LogP contribution in [-0.4, -0.2) is 29.1 Å². The van der Waals surface area contributed by atoms with Crippen molar-refractivity contribution in [3.05, 3.63) is 83.6 Å². The van der Waals surface area contributed by atoms with E-state index in [2.05, 4.69) is 10.3 Å². The maximum absolute atomic E-state index is 12.8. The number of pyridine rings is 1. The Kier molecular flexibility index (Phi) is 6.24. The number of hydrogen-bond acceptors (Lipinski definition) is 4. The van der Waals surface area contributed by atoms with Crippen molar-refractivity contribution in [2.24, 2.45) is 0 Å². The van der Waals surface area contributed by atoms with Gasteiger partial charge in [0.1, 0.15) is 11.4 Å². The van der Waals surface area contributed by atoms with E-state index in [1.165, 1.54) is 0 Å². The zero-order valence-corrected chi connectivity index (χ0v) is 16.3. The van der Waals surface area contributed by atoms with E-state index >= 15 is 0 Å². The Labute approximate surface area is 169 Å². The summed E-state index contributed by atoms with van der Waals surface area (Å²) in [6.45, 7) is 1.89. The predicted molar refractivity (Wildman–Crippen MR) is 110 cm³/mol. The van der Waals surface area contributed by atoms with E-state index in [1.54, 1.807) is 19.2 Å². The lowest BCUT2D eigenvalue weighted by Crippen LogP contribution is -2.31. The van der Waals surface area contributed by atoms with E-state index in [-0.39, 0.29) is 12.1 Å². The molecule has 0 spiro atoms. The standard InChI is InChI=1S/C23H22N2O4/c1-15-6-3-4-7-18(15)21(14-22(26)27)25-23(28)20-9-5-8-19(24-20)16-10-12-17(29-2)13-11-16/h3-13,21H,14H2,1-2H3,(H,25,28)(H,26,27)/t21-/m0/s1. The number of carbonyl (C=O) groups excluding carboxylic acids is 1. The summed E-state index contributed by atoms with van der Waals surface area (Å²) in [6.07, 6.45) is -0.214. The Bertz CT molecular complexity index is 1020. The molecule has 3 rings (SSSR count). The van der Waals surface area contributed by atoms with E-state index in [9.17, 15) is 14.7 Å². The molecule has 6 nitrogen and oxygen atoms in total. The molecular weight excluding hydrogens is 368 g/mol. The van der Waals surface area contributed by atoms with Crippen LogP contribution in [0.5, 0.6) is 5.75 Å². The van der Waals surface area contributed by atoms with Crippen molar-refractivity contribution in [2.75, 3.05) is 7.11 Å². The summed E-state index contributed by atoms with van der Waals surface area (Å²) in [5.41, 5.74) is 3.41. The molecule has 0 radical (unpaired) electrons. The third-order valence-corrected chi connectivity index (χ3v) is 4.62. The number of benzene rings is 2. The molecule has 0 saturated heterocycles. The van der Waals surface area contributed by atoms with Gasteiger partial charge in [-0.2, -0.15) is 0 Å². The Morgan fingerprint density at radius 3 is 2.41 bits per heavy atom. The van der Waals surface area contributed by atoms with Gasteiger partial charge in [0, 0.05) is 5.56 Å². The van der Waals surface area contributed by atoms with E-state index in [1.807, 2.05) is 61.5 Å². The third kappa shape index (κ3) is 4.99. The highest BCUT2D eigenvalue weighted by molar-refractivity contribution is 5.93. The molecule has 1 aromatic heterocycles. The monoisotopic (exact) mass is 390 g/mol. The molecular formula is C23H22N2O4. The van der Waals surface area contributed by atoms with Crippen molar-refractivity contribution in [2.45, 2.75) is 19.4 Å². The molecule has 29 heavy (non-hydrogen) atoms. The number of ether oxygens (including phenoxy) is 1. The van der Waals surface area contributed by atoms with Crippen LogP contribution >= 0.6 is 0 Å². The summed E-state index contributed by atoms with van der Waals surface area (Å²) < 4.78 is 5.16. The Hall–Kier alpha value is -3.67. The zero-order valence-electron chi connectivity index (χ0n) is 16.3. The van der Waals surface area contributed by atoms with Gasteiger partial charge >= 0.3 is 5.97 Å². The molecule has 0 fully saturated rings. The first-order chi connectivity index (χ1) is 14.0. The summed E-state index contributed by atoms with van der Waals surface area (Å²) in [4.78, 5) is 28.6. The number of aliphatic carboxylic acids is 1. The number of methoxy groups -OCH3 is 1. The highest BCUT2D eigenvalue weighted by atomic mass is 16.5. The van der Waals surface area contributed by atoms with Crippen LogP contribution in [0.2, 0.25) is 0 Å². The van der Waals surface area contributed by atoms with Crippen LogP contribution < -0.4 is 10.1 Å². The lowest BCUT2D eigenvalue weighted by atomic mass is 9.98. The lowest BCUT2D eigenvalue weighted by Gasteiger charge is -2.19. The largest absolute Gasteiger partial charge is 0.497 e. The zero-order chi connectivity index (χ0) is 20.8. The van der Waals surface area contributed by atoms with Gasteiger partial charge in [0.15, 0.2) is 0 Å². The molecule has 1 amide bonds. The second kappa shape index (κ2) is 9.01. The number of aryl methyl sites for hydroxylation is 1. The van der Waals surface area contributed by atoms with Gasteiger partial charge in [0.25, 0.3) is 5.91 Å². The van der Waals surface area contributed by atoms with Crippen molar-refractivity contribution < 1.29 is 19.4 Å². The first kappa shape index (κ1) is 20.1. The van der Waals surface area contributed by atoms with Crippen LogP contribution in [0.3, 0.4) is 0 Å². The van der Waals surface area contributed by atoms with E-state index < -0.39 is 17.9 Å². The van der Waals surface area contributed by atoms with Gasteiger partial charge in [-0.15, -0.1) is 0 Å². The van der Waals surface area contributed by atoms with Gasteiger partial charge in [-0.1, -0.05) is 30.3 Å². The third-order valence-electron chi connectivity index (χ3n) is 4.62. The molecule has 0 aliphatic rings. The number of nitrogens with zero attached hydrogens (tertiary/aromatic N) is 1. The fourth-order valence-electron chi connectivity index (χ4n) is 3.11. The number of nitrogens with one attached hydrogen (secondary N) is 1. The number of rotatable bonds is 7. The summed E-state index contributed by atoms with van der Waals surface area (Å²) in [6, 6.07) is 19.3. The van der Waals surface area contributed by atoms with Crippen molar-refractivity contribution in [3.8, 4) is 17.0 Å². The second-order valence-corrected chi connectivity index (χ2v) is 6.62. The first-order valence-corrected chi connectivity index (χ1v) is 9.17. The van der Waals surface area contributed by atoms with Gasteiger partial charge in [0.2, 0.25) is 0 Å². The normalized spacial score (nSPS) is 11.5. The van der Waals surface area contributed by atoms with Crippen LogP contribution in [0, 0.1) is 6.92 Å². The van der Waals surface area contributed by atoms with Crippen LogP contribution in [0.25, 0.3) is 11.3 Å². The molecule has 0 unspecified atom stereocenters. The van der Waals surface area contributed by atoms with E-state index in [0.717, 1.165) is 22.4 Å². The Morgan fingerprint density at radius 2 is 1.76 bits per heavy atom. The Morgan fingerprint density at radius 1 is 1.03 bits per heavy atom. The summed E-state index contributed by atoms with van der Waals surface area (Å²) in [5.74, 6) is -0.675. The van der Waals surface area contributed by atoms with Gasteiger partial charge in [-0.25, -0.2) is 4.98 Å². The second-order valence-electron chi connectivity index (χ2n) is 6.62. The number of aromatic nitrogens is 1. The van der Waals surface area contributed by atoms with Crippen LogP contribution in [0.4, 0.5) is 0 Å². The summed E-state index contributed by atoms with van der Waals surface area (Å²) in [5, 5.41) is 12.1. The molecule has 0 aliphatic carbocycles. The average molecular weight is 390 g/mol. The van der Waals surface area contributed by atoms with Gasteiger partial charge in [0.05, 0.1) is 25.3 Å². The van der Waals surface area contributed by atoms with Crippen molar-refractivity contribution in [3.63, 3.8) is 0 Å². The number of carboxylic acid groups (broad SMARTS) is 1. The fourth-order valence-corrected chi connectivity index (χ4v) is 3.11. The highest BCUT2D eigenvalue weighted by Gasteiger charge is 2.21. The van der Waals surface area contributed by atoms with Gasteiger partial charge in [-0.3, -0.25) is 9.59 Å². The minimum atomic E-state index is -0.988. The lowest BCUT2D eigenvalue weighted by molar-refractivity contribution is -0.137. The molecule has 6 heteroatoms. The fraction of sp³-hybridized carbons (Fsp3) is 0.174. The van der Waals surface area contributed by atoms with Gasteiger partial charge in [-0.05, 0) is 54.4 Å². The number of hydrogen-bond donors (Lipinski definition) is 2. The van der Waals surface area contributed by atoms with E-state index in [4.69, 9.17) is 4.74 Å². The molecule has 148 valence electrons. The average Bonchev–Trinajstić information content (AvgIpc) is 2.73. The van der Waals surface area contributed by atoms with Crippen molar-refractivity contribution in [1.29, 1.82) is 0 Å². The van der Waals surface area contributed by atoms with Crippen LogP contribution in [0.1, 0.15) is 34.1 Å². The summed E-state index contributed by atoms with van der Waals surface area (Å²) >= 11 is 0. The molecule has 0 bridgehead atoms. The molecule has 0 aliphatic heterocycles. The number of carboxylic acids is 1. The molecule has 2 aromatic carbocycles. The predicted octanol–water partition coefficient (Wildman–Crippen LogP) is 4.01. The maximum Gasteiger partial charge on any atom is 0.305 e. The highest BCUT2D eigenvalue weighted by Crippen LogP contribution is 2.23. The molecule has 3 aromatic rings. The Balaban J connectivity index is 1.84. The molecule has 1 heterocycles. The minimum Gasteiger partial charge on any atom is -0.497 e. The quantitative estimate of drug-likeness (QED) is 0.636. The van der Waals surface area contributed by atoms with E-state index in [0.29, 0.717) is 5.69 Å². The number of amides is 1. The molecule has 1 atom stereocenters. The molecule has 2 N–H and O–H groups in total. The number of carbonyl (C=O) groups is 2. The topological polar surface area (TPSA) is 88.5 Å². The van der Waals surface area contributed by atoms with Crippen LogP contribution in [0.15, 0.2) is 66.7 Å². The first-order valence-electron chi connectivity index (χ1n) is 9.17. The smallest absolute Gasteiger partial charge is 0.305 e. The van der Waals surface area contributed by atoms with Crippen molar-refractivity contribution >= 4 is 11.9 Å². The van der Waals surface area contributed by atoms with Crippen molar-refractivity contribution in [1.82, 2.24) is 10.3 Å².